The van der Waals surface area contributed by atoms with Crippen molar-refractivity contribution in [3.05, 3.63) is 64.1 Å². The number of halogens is 1. The number of para-hydroxylation sites is 1. The number of nitrogens with one attached hydrogen (secondary N) is 2. The lowest BCUT2D eigenvalue weighted by atomic mass is 10.00. The SMILES string of the molecule is CC(C)c1ccc(C(C)NC(=O)Nc2ccccc2Br)cc1. The van der Waals surface area contributed by atoms with E-state index in [0.717, 1.165) is 15.7 Å². The van der Waals surface area contributed by atoms with Crippen molar-refractivity contribution in [2.45, 2.75) is 32.7 Å². The summed E-state index contributed by atoms with van der Waals surface area (Å²) < 4.78 is 0.860. The summed E-state index contributed by atoms with van der Waals surface area (Å²) in [6, 6.07) is 15.6. The lowest BCUT2D eigenvalue weighted by Gasteiger charge is -2.16. The molecule has 0 spiro atoms. The van der Waals surface area contributed by atoms with Crippen LogP contribution in [0.25, 0.3) is 0 Å². The van der Waals surface area contributed by atoms with Crippen LogP contribution in [-0.2, 0) is 0 Å². The Hall–Kier alpha value is -1.81. The van der Waals surface area contributed by atoms with E-state index >= 15 is 0 Å². The Kier molecular flexibility index (Phi) is 5.61. The van der Waals surface area contributed by atoms with Gasteiger partial charge in [0.2, 0.25) is 0 Å². The molecule has 0 heterocycles. The molecule has 0 bridgehead atoms. The lowest BCUT2D eigenvalue weighted by Crippen LogP contribution is -2.31. The Morgan fingerprint density at radius 3 is 2.14 bits per heavy atom. The van der Waals surface area contributed by atoms with Crippen LogP contribution < -0.4 is 10.6 Å². The molecule has 1 atom stereocenters. The Bertz CT molecular complexity index is 638. The highest BCUT2D eigenvalue weighted by Gasteiger charge is 2.11. The number of urea groups is 1. The molecule has 0 aliphatic carbocycles. The maximum Gasteiger partial charge on any atom is 0.319 e. The van der Waals surface area contributed by atoms with Gasteiger partial charge in [-0.15, -0.1) is 0 Å². The second-order valence-electron chi connectivity index (χ2n) is 5.62. The minimum absolute atomic E-state index is 0.0521. The molecule has 0 aliphatic rings. The number of hydrogen-bond acceptors (Lipinski definition) is 1. The third-order valence-corrected chi connectivity index (χ3v) is 4.26. The maximum absolute atomic E-state index is 12.1. The molecule has 0 fully saturated rings. The molecule has 3 nitrogen and oxygen atoms in total. The first-order valence-corrected chi connectivity index (χ1v) is 8.18. The minimum Gasteiger partial charge on any atom is -0.331 e. The molecule has 0 saturated heterocycles. The fourth-order valence-electron chi connectivity index (χ4n) is 2.17. The third kappa shape index (κ3) is 4.34. The fraction of sp³-hybridized carbons (Fsp3) is 0.278. The Labute approximate surface area is 140 Å². The quantitative estimate of drug-likeness (QED) is 0.746. The summed E-state index contributed by atoms with van der Waals surface area (Å²) in [5.41, 5.74) is 3.14. The highest BCUT2D eigenvalue weighted by atomic mass is 79.9. The first-order chi connectivity index (χ1) is 10.5. The minimum atomic E-state index is -0.215. The van der Waals surface area contributed by atoms with E-state index in [1.807, 2.05) is 31.2 Å². The van der Waals surface area contributed by atoms with Crippen molar-refractivity contribution in [1.82, 2.24) is 5.32 Å². The van der Waals surface area contributed by atoms with Gasteiger partial charge < -0.3 is 10.6 Å². The zero-order chi connectivity index (χ0) is 16.1. The number of carbonyl (C=O) groups is 1. The summed E-state index contributed by atoms with van der Waals surface area (Å²) in [7, 11) is 0. The first kappa shape index (κ1) is 16.6. The predicted molar refractivity (Wildman–Crippen MR) is 95.2 cm³/mol. The van der Waals surface area contributed by atoms with Crippen LogP contribution in [0.4, 0.5) is 10.5 Å². The van der Waals surface area contributed by atoms with Crippen LogP contribution in [0, 0.1) is 0 Å². The molecule has 1 unspecified atom stereocenters. The normalized spacial score (nSPS) is 12.0. The smallest absolute Gasteiger partial charge is 0.319 e. The molecule has 2 aromatic carbocycles. The van der Waals surface area contributed by atoms with E-state index in [9.17, 15) is 4.79 Å². The van der Waals surface area contributed by atoms with Gasteiger partial charge in [0, 0.05) is 4.47 Å². The van der Waals surface area contributed by atoms with Crippen molar-refractivity contribution in [3.8, 4) is 0 Å². The van der Waals surface area contributed by atoms with Gasteiger partial charge in [-0.3, -0.25) is 0 Å². The highest BCUT2D eigenvalue weighted by Crippen LogP contribution is 2.22. The molecule has 0 radical (unpaired) electrons. The van der Waals surface area contributed by atoms with Crippen LogP contribution in [-0.4, -0.2) is 6.03 Å². The van der Waals surface area contributed by atoms with Crippen molar-refractivity contribution in [2.24, 2.45) is 0 Å². The predicted octanol–water partition coefficient (Wildman–Crippen LogP) is 5.46. The summed E-state index contributed by atoms with van der Waals surface area (Å²) in [5, 5.41) is 5.79. The standard InChI is InChI=1S/C18H21BrN2O/c1-12(2)14-8-10-15(11-9-14)13(3)20-18(22)21-17-7-5-4-6-16(17)19/h4-13H,1-3H3,(H2,20,21,22). The topological polar surface area (TPSA) is 41.1 Å². The maximum atomic E-state index is 12.1. The molecule has 2 amide bonds. The van der Waals surface area contributed by atoms with E-state index in [-0.39, 0.29) is 12.1 Å². The van der Waals surface area contributed by atoms with E-state index in [1.54, 1.807) is 0 Å². The molecule has 2 N–H and O–H groups in total. The van der Waals surface area contributed by atoms with Crippen LogP contribution >= 0.6 is 15.9 Å². The Balaban J connectivity index is 1.97. The Morgan fingerprint density at radius 2 is 1.55 bits per heavy atom. The molecule has 4 heteroatoms. The first-order valence-electron chi connectivity index (χ1n) is 7.39. The molecular formula is C18H21BrN2O. The van der Waals surface area contributed by atoms with Gasteiger partial charge in [0.15, 0.2) is 0 Å². The van der Waals surface area contributed by atoms with Crippen LogP contribution in [0.5, 0.6) is 0 Å². The zero-order valence-electron chi connectivity index (χ0n) is 13.1. The molecular weight excluding hydrogens is 340 g/mol. The van der Waals surface area contributed by atoms with Crippen molar-refractivity contribution < 1.29 is 4.79 Å². The van der Waals surface area contributed by atoms with Crippen molar-refractivity contribution in [2.75, 3.05) is 5.32 Å². The average Bonchev–Trinajstić information content (AvgIpc) is 2.49. The van der Waals surface area contributed by atoms with Gasteiger partial charge in [0.25, 0.3) is 0 Å². The van der Waals surface area contributed by atoms with Crippen LogP contribution in [0.2, 0.25) is 0 Å². The summed E-state index contributed by atoms with van der Waals surface area (Å²) in [6.07, 6.45) is 0. The van der Waals surface area contributed by atoms with Crippen molar-refractivity contribution in [1.29, 1.82) is 0 Å². The lowest BCUT2D eigenvalue weighted by molar-refractivity contribution is 0.249. The number of carbonyl (C=O) groups excluding carboxylic acids is 1. The zero-order valence-corrected chi connectivity index (χ0v) is 14.6. The second-order valence-corrected chi connectivity index (χ2v) is 6.48. The molecule has 0 aliphatic heterocycles. The van der Waals surface area contributed by atoms with Gasteiger partial charge in [0.05, 0.1) is 11.7 Å². The van der Waals surface area contributed by atoms with Crippen LogP contribution in [0.3, 0.4) is 0 Å². The van der Waals surface area contributed by atoms with Gasteiger partial charge in [-0.25, -0.2) is 4.79 Å². The molecule has 116 valence electrons. The van der Waals surface area contributed by atoms with Crippen molar-refractivity contribution >= 4 is 27.6 Å². The molecule has 2 rings (SSSR count). The highest BCUT2D eigenvalue weighted by molar-refractivity contribution is 9.10. The molecule has 22 heavy (non-hydrogen) atoms. The summed E-state index contributed by atoms with van der Waals surface area (Å²) in [4.78, 5) is 12.1. The second kappa shape index (κ2) is 7.45. The van der Waals surface area contributed by atoms with Gasteiger partial charge in [-0.05, 0) is 52.0 Å². The average molecular weight is 361 g/mol. The monoisotopic (exact) mass is 360 g/mol. The summed E-state index contributed by atoms with van der Waals surface area (Å²) in [6.45, 7) is 6.31. The van der Waals surface area contributed by atoms with Gasteiger partial charge in [-0.1, -0.05) is 50.2 Å². The number of benzene rings is 2. The molecule has 0 aromatic heterocycles. The van der Waals surface area contributed by atoms with E-state index in [4.69, 9.17) is 0 Å². The number of hydrogen-bond donors (Lipinski definition) is 2. The largest absolute Gasteiger partial charge is 0.331 e. The van der Waals surface area contributed by atoms with E-state index in [1.165, 1.54) is 5.56 Å². The number of anilines is 1. The van der Waals surface area contributed by atoms with Gasteiger partial charge >= 0.3 is 6.03 Å². The van der Waals surface area contributed by atoms with Crippen LogP contribution in [0.1, 0.15) is 43.9 Å². The van der Waals surface area contributed by atoms with Crippen molar-refractivity contribution in [3.63, 3.8) is 0 Å². The van der Waals surface area contributed by atoms with Gasteiger partial charge in [0.1, 0.15) is 0 Å². The van der Waals surface area contributed by atoms with Gasteiger partial charge in [-0.2, -0.15) is 0 Å². The van der Waals surface area contributed by atoms with E-state index < -0.39 is 0 Å². The van der Waals surface area contributed by atoms with E-state index in [2.05, 4.69) is 64.7 Å². The molecule has 0 saturated carbocycles. The fourth-order valence-corrected chi connectivity index (χ4v) is 2.55. The Morgan fingerprint density at radius 1 is 0.955 bits per heavy atom. The van der Waals surface area contributed by atoms with E-state index in [0.29, 0.717) is 5.92 Å². The summed E-state index contributed by atoms with van der Waals surface area (Å²) in [5.74, 6) is 0.510. The number of rotatable bonds is 4. The summed E-state index contributed by atoms with van der Waals surface area (Å²) >= 11 is 3.41. The van der Waals surface area contributed by atoms with Crippen LogP contribution in [0.15, 0.2) is 53.0 Å². The molecule has 2 aromatic rings. The number of amides is 2. The third-order valence-electron chi connectivity index (χ3n) is 3.57.